The molecule has 1 aromatic heterocycles. The second-order valence-corrected chi connectivity index (χ2v) is 6.83. The van der Waals surface area contributed by atoms with Crippen molar-refractivity contribution in [2.45, 2.75) is 31.1 Å². The van der Waals surface area contributed by atoms with Crippen molar-refractivity contribution >= 4 is 27.3 Å². The Morgan fingerprint density at radius 2 is 2.10 bits per heavy atom. The molecule has 2 N–H and O–H groups in total. The van der Waals surface area contributed by atoms with Gasteiger partial charge in [-0.1, -0.05) is 0 Å². The largest absolute Gasteiger partial charge is 0.465 e. The monoisotopic (exact) mass is 321 g/mol. The van der Waals surface area contributed by atoms with Crippen molar-refractivity contribution in [1.29, 1.82) is 0 Å². The summed E-state index contributed by atoms with van der Waals surface area (Å²) in [6, 6.07) is 0. The van der Waals surface area contributed by atoms with Crippen LogP contribution in [0.25, 0.3) is 0 Å². The van der Waals surface area contributed by atoms with E-state index in [1.807, 2.05) is 0 Å². The topological polar surface area (TPSA) is 92.7 Å². The van der Waals surface area contributed by atoms with Gasteiger partial charge in [0, 0.05) is 13.2 Å². The normalized spacial score (nSPS) is 11.6. The van der Waals surface area contributed by atoms with Gasteiger partial charge in [0.25, 0.3) is 0 Å². The number of hydrogen-bond acceptors (Lipinski definition) is 6. The van der Waals surface area contributed by atoms with Gasteiger partial charge in [-0.05, 0) is 37.1 Å². The first-order valence-electron chi connectivity index (χ1n) is 6.21. The second kappa shape index (κ2) is 7.72. The van der Waals surface area contributed by atoms with Crippen molar-refractivity contribution in [3.05, 3.63) is 15.8 Å². The molecule has 6 nitrogen and oxygen atoms in total. The van der Waals surface area contributed by atoms with Crippen LogP contribution in [0.1, 0.15) is 34.5 Å². The van der Waals surface area contributed by atoms with Crippen LogP contribution in [0.3, 0.4) is 0 Å². The Labute approximate surface area is 122 Å². The predicted molar refractivity (Wildman–Crippen MR) is 76.5 cm³/mol. The molecule has 0 radical (unpaired) electrons. The number of ether oxygens (including phenoxy) is 1. The van der Waals surface area contributed by atoms with Gasteiger partial charge < -0.3 is 9.84 Å². The molecule has 0 aromatic carbocycles. The molecule has 0 aliphatic heterocycles. The van der Waals surface area contributed by atoms with Crippen LogP contribution in [-0.2, 0) is 14.8 Å². The molecule has 114 valence electrons. The van der Waals surface area contributed by atoms with E-state index >= 15 is 0 Å². The average molecular weight is 321 g/mol. The van der Waals surface area contributed by atoms with Crippen LogP contribution < -0.4 is 4.72 Å². The highest BCUT2D eigenvalue weighted by Crippen LogP contribution is 2.27. The Morgan fingerprint density at radius 1 is 1.40 bits per heavy atom. The lowest BCUT2D eigenvalue weighted by Gasteiger charge is -2.08. The summed E-state index contributed by atoms with van der Waals surface area (Å²) in [6.07, 6.45) is 2.02. The van der Waals surface area contributed by atoms with E-state index in [1.54, 1.807) is 12.3 Å². The van der Waals surface area contributed by atoms with E-state index in [-0.39, 0.29) is 22.9 Å². The summed E-state index contributed by atoms with van der Waals surface area (Å²) in [6.45, 7) is 2.02. The zero-order valence-electron chi connectivity index (χ0n) is 11.5. The Kier molecular flexibility index (Phi) is 6.60. The van der Waals surface area contributed by atoms with Crippen LogP contribution in [0.2, 0.25) is 0 Å². The van der Waals surface area contributed by atoms with Gasteiger partial charge in [0.2, 0.25) is 10.0 Å². The molecule has 0 aliphatic carbocycles. The fourth-order valence-electron chi connectivity index (χ4n) is 1.69. The van der Waals surface area contributed by atoms with Crippen LogP contribution in [-0.4, -0.2) is 39.8 Å². The number of methoxy groups -OCH3 is 1. The highest BCUT2D eigenvalue weighted by Gasteiger charge is 2.26. The van der Waals surface area contributed by atoms with E-state index in [9.17, 15) is 13.2 Å². The minimum absolute atomic E-state index is 0.00323. The number of thiophene rings is 1. The fraction of sp³-hybridized carbons (Fsp3) is 0.583. The molecule has 0 fully saturated rings. The van der Waals surface area contributed by atoms with E-state index in [0.29, 0.717) is 18.4 Å². The molecule has 8 heteroatoms. The number of rotatable bonds is 8. The Hall–Kier alpha value is -0.960. The van der Waals surface area contributed by atoms with Gasteiger partial charge in [0.15, 0.2) is 0 Å². The molecule has 0 bridgehead atoms. The minimum Gasteiger partial charge on any atom is -0.465 e. The zero-order chi connectivity index (χ0) is 15.2. The van der Waals surface area contributed by atoms with Gasteiger partial charge in [-0.15, -0.1) is 11.3 Å². The quantitative estimate of drug-likeness (QED) is 0.556. The zero-order valence-corrected chi connectivity index (χ0v) is 13.1. The number of esters is 1. The van der Waals surface area contributed by atoms with E-state index < -0.39 is 16.0 Å². The standard InChI is InChI=1S/C12H19NO5S2/c1-9-8-19-10(12(15)18-2)11(9)20(16,17)13-6-4-3-5-7-14/h8,13-14H,3-7H2,1-2H3. The summed E-state index contributed by atoms with van der Waals surface area (Å²) >= 11 is 1.06. The molecular formula is C12H19NO5S2. The summed E-state index contributed by atoms with van der Waals surface area (Å²) in [5.74, 6) is -0.649. The summed E-state index contributed by atoms with van der Waals surface area (Å²) in [7, 11) is -2.51. The lowest BCUT2D eigenvalue weighted by Crippen LogP contribution is -2.26. The first-order chi connectivity index (χ1) is 9.44. The maximum absolute atomic E-state index is 12.2. The van der Waals surface area contributed by atoms with Crippen LogP contribution in [0.15, 0.2) is 10.3 Å². The number of carbonyl (C=O) groups excluding carboxylic acids is 1. The molecule has 0 aliphatic rings. The summed E-state index contributed by atoms with van der Waals surface area (Å²) in [5.41, 5.74) is 0.526. The van der Waals surface area contributed by atoms with E-state index in [2.05, 4.69) is 9.46 Å². The number of aliphatic hydroxyl groups is 1. The van der Waals surface area contributed by atoms with Crippen molar-refractivity contribution in [2.75, 3.05) is 20.3 Å². The highest BCUT2D eigenvalue weighted by molar-refractivity contribution is 7.89. The van der Waals surface area contributed by atoms with Gasteiger partial charge >= 0.3 is 5.97 Å². The fourth-order valence-corrected chi connectivity index (χ4v) is 4.47. The SMILES string of the molecule is COC(=O)c1scc(C)c1S(=O)(=O)NCCCCCO. The molecule has 0 saturated heterocycles. The molecule has 1 heterocycles. The van der Waals surface area contributed by atoms with Gasteiger partial charge in [-0.25, -0.2) is 17.9 Å². The van der Waals surface area contributed by atoms with Crippen LogP contribution in [0, 0.1) is 6.92 Å². The molecule has 20 heavy (non-hydrogen) atoms. The van der Waals surface area contributed by atoms with Crippen LogP contribution in [0.5, 0.6) is 0 Å². The lowest BCUT2D eigenvalue weighted by molar-refractivity contribution is 0.0602. The van der Waals surface area contributed by atoms with Gasteiger partial charge in [0.05, 0.1) is 7.11 Å². The minimum atomic E-state index is -3.72. The first-order valence-corrected chi connectivity index (χ1v) is 8.57. The molecule has 0 atom stereocenters. The lowest BCUT2D eigenvalue weighted by atomic mass is 10.2. The predicted octanol–water partition coefficient (Wildman–Crippen LogP) is 1.28. The summed E-state index contributed by atoms with van der Waals surface area (Å²) < 4.78 is 31.5. The number of hydrogen-bond donors (Lipinski definition) is 2. The number of aryl methyl sites for hydroxylation is 1. The Morgan fingerprint density at radius 3 is 2.70 bits per heavy atom. The van der Waals surface area contributed by atoms with Crippen molar-refractivity contribution in [1.82, 2.24) is 4.72 Å². The Balaban J connectivity index is 2.82. The molecule has 0 unspecified atom stereocenters. The van der Waals surface area contributed by atoms with Crippen molar-refractivity contribution < 1.29 is 23.1 Å². The molecule has 0 saturated carbocycles. The Bertz CT molecular complexity index is 550. The molecule has 0 amide bonds. The smallest absolute Gasteiger partial charge is 0.349 e. The highest BCUT2D eigenvalue weighted by atomic mass is 32.2. The van der Waals surface area contributed by atoms with Crippen molar-refractivity contribution in [3.8, 4) is 0 Å². The second-order valence-electron chi connectivity index (χ2n) is 4.25. The number of carbonyl (C=O) groups is 1. The maximum Gasteiger partial charge on any atom is 0.349 e. The van der Waals surface area contributed by atoms with Crippen molar-refractivity contribution in [3.63, 3.8) is 0 Å². The van der Waals surface area contributed by atoms with Gasteiger partial charge in [-0.3, -0.25) is 0 Å². The summed E-state index contributed by atoms with van der Waals surface area (Å²) in [5, 5.41) is 10.3. The third-order valence-corrected chi connectivity index (χ3v) is 5.54. The molecule has 1 rings (SSSR count). The van der Waals surface area contributed by atoms with Crippen LogP contribution >= 0.6 is 11.3 Å². The first kappa shape index (κ1) is 17.1. The van der Waals surface area contributed by atoms with E-state index in [0.717, 1.165) is 17.8 Å². The number of unbranched alkanes of at least 4 members (excludes halogenated alkanes) is 2. The molecular weight excluding hydrogens is 302 g/mol. The number of aliphatic hydroxyl groups excluding tert-OH is 1. The van der Waals surface area contributed by atoms with Gasteiger partial charge in [0.1, 0.15) is 9.77 Å². The number of sulfonamides is 1. The van der Waals surface area contributed by atoms with Crippen molar-refractivity contribution in [2.24, 2.45) is 0 Å². The third-order valence-electron chi connectivity index (χ3n) is 2.68. The van der Waals surface area contributed by atoms with E-state index in [4.69, 9.17) is 5.11 Å². The third kappa shape index (κ3) is 4.27. The average Bonchev–Trinajstić information content (AvgIpc) is 2.80. The molecule has 1 aromatic rings. The number of nitrogens with one attached hydrogen (secondary N) is 1. The van der Waals surface area contributed by atoms with Gasteiger partial charge in [-0.2, -0.15) is 0 Å². The summed E-state index contributed by atoms with van der Waals surface area (Å²) in [4.78, 5) is 11.7. The maximum atomic E-state index is 12.2. The molecule has 0 spiro atoms. The van der Waals surface area contributed by atoms with E-state index in [1.165, 1.54) is 7.11 Å². The van der Waals surface area contributed by atoms with Crippen LogP contribution in [0.4, 0.5) is 0 Å².